The molecule has 21 heavy (non-hydrogen) atoms. The fraction of sp³-hybridized carbons (Fsp3) is 0.688. The summed E-state index contributed by atoms with van der Waals surface area (Å²) in [4.78, 5) is 37.7. The van der Waals surface area contributed by atoms with Crippen LogP contribution in [0.25, 0.3) is 0 Å². The zero-order valence-electron chi connectivity index (χ0n) is 13.4. The number of imide groups is 1. The zero-order valence-corrected chi connectivity index (χ0v) is 13.4. The highest BCUT2D eigenvalue weighted by Gasteiger charge is 2.37. The Bertz CT molecular complexity index is 443. The van der Waals surface area contributed by atoms with Gasteiger partial charge in [-0.3, -0.25) is 19.3 Å². The number of carbonyl (C=O) groups excluding carboxylic acids is 3. The predicted molar refractivity (Wildman–Crippen MR) is 81.4 cm³/mol. The average molecular weight is 294 g/mol. The van der Waals surface area contributed by atoms with Crippen LogP contribution in [0.1, 0.15) is 59.8 Å². The third kappa shape index (κ3) is 4.16. The van der Waals surface area contributed by atoms with Gasteiger partial charge in [-0.05, 0) is 25.3 Å². The minimum absolute atomic E-state index is 0.159. The van der Waals surface area contributed by atoms with Gasteiger partial charge < -0.3 is 5.32 Å². The van der Waals surface area contributed by atoms with E-state index in [2.05, 4.69) is 5.32 Å². The molecule has 2 atom stereocenters. The van der Waals surface area contributed by atoms with E-state index in [1.165, 1.54) is 11.0 Å². The maximum atomic E-state index is 12.7. The summed E-state index contributed by atoms with van der Waals surface area (Å²) in [5, 5.41) is 2.74. The number of hydrogen-bond donors (Lipinski definition) is 1. The first kappa shape index (κ1) is 17.4. The lowest BCUT2D eigenvalue weighted by Crippen LogP contribution is -2.52. The second-order valence-electron chi connectivity index (χ2n) is 5.50. The first-order chi connectivity index (χ1) is 9.96. The molecule has 5 heteroatoms. The lowest BCUT2D eigenvalue weighted by atomic mass is 10.0. The third-order valence-electron chi connectivity index (χ3n) is 3.76. The number of hydrogen-bond acceptors (Lipinski definition) is 3. The molecule has 0 saturated heterocycles. The van der Waals surface area contributed by atoms with E-state index < -0.39 is 6.04 Å². The molecule has 0 aromatic rings. The van der Waals surface area contributed by atoms with Gasteiger partial charge in [0, 0.05) is 12.5 Å². The summed E-state index contributed by atoms with van der Waals surface area (Å²) in [6.45, 7) is 7.61. The van der Waals surface area contributed by atoms with Crippen molar-refractivity contribution in [1.29, 1.82) is 0 Å². The van der Waals surface area contributed by atoms with Gasteiger partial charge in [-0.2, -0.15) is 0 Å². The minimum Gasteiger partial charge on any atom is -0.344 e. The smallest absolute Gasteiger partial charge is 0.253 e. The van der Waals surface area contributed by atoms with Crippen molar-refractivity contribution in [3.05, 3.63) is 11.6 Å². The normalized spacial score (nSPS) is 19.4. The van der Waals surface area contributed by atoms with Crippen LogP contribution in [-0.2, 0) is 14.4 Å². The molecular formula is C16H26N2O3. The Balaban J connectivity index is 2.91. The van der Waals surface area contributed by atoms with Gasteiger partial charge in [0.15, 0.2) is 0 Å². The largest absolute Gasteiger partial charge is 0.344 e. The number of rotatable bonds is 7. The van der Waals surface area contributed by atoms with Crippen LogP contribution in [0.3, 0.4) is 0 Å². The van der Waals surface area contributed by atoms with Crippen LogP contribution < -0.4 is 5.32 Å². The summed E-state index contributed by atoms with van der Waals surface area (Å²) in [5.74, 6) is -0.705. The van der Waals surface area contributed by atoms with Crippen molar-refractivity contribution in [2.45, 2.75) is 71.9 Å². The van der Waals surface area contributed by atoms with E-state index in [0.29, 0.717) is 12.8 Å². The first-order valence-electron chi connectivity index (χ1n) is 7.80. The van der Waals surface area contributed by atoms with Gasteiger partial charge in [0.2, 0.25) is 5.91 Å². The molecule has 3 amide bonds. The van der Waals surface area contributed by atoms with E-state index >= 15 is 0 Å². The quantitative estimate of drug-likeness (QED) is 0.782. The highest BCUT2D eigenvalue weighted by molar-refractivity contribution is 6.06. The molecular weight excluding hydrogens is 268 g/mol. The van der Waals surface area contributed by atoms with Crippen LogP contribution in [-0.4, -0.2) is 34.7 Å². The summed E-state index contributed by atoms with van der Waals surface area (Å²) in [6, 6.07) is -0.766. The van der Waals surface area contributed by atoms with Crippen LogP contribution in [0, 0.1) is 0 Å². The summed E-state index contributed by atoms with van der Waals surface area (Å²) < 4.78 is 0. The Morgan fingerprint density at radius 1 is 1.29 bits per heavy atom. The molecule has 5 nitrogen and oxygen atoms in total. The molecule has 0 spiro atoms. The van der Waals surface area contributed by atoms with Gasteiger partial charge >= 0.3 is 0 Å². The van der Waals surface area contributed by atoms with E-state index in [1.807, 2.05) is 20.8 Å². The van der Waals surface area contributed by atoms with Crippen LogP contribution in [0.4, 0.5) is 0 Å². The fourth-order valence-corrected chi connectivity index (χ4v) is 2.62. The van der Waals surface area contributed by atoms with Crippen molar-refractivity contribution in [3.63, 3.8) is 0 Å². The van der Waals surface area contributed by atoms with Crippen molar-refractivity contribution in [1.82, 2.24) is 10.2 Å². The maximum absolute atomic E-state index is 12.7. The molecule has 0 aliphatic carbocycles. The highest BCUT2D eigenvalue weighted by Crippen LogP contribution is 2.24. The van der Waals surface area contributed by atoms with Crippen LogP contribution in [0.5, 0.6) is 0 Å². The van der Waals surface area contributed by atoms with E-state index in [9.17, 15) is 14.4 Å². The van der Waals surface area contributed by atoms with Crippen molar-refractivity contribution >= 4 is 17.7 Å². The average Bonchev–Trinajstić information content (AvgIpc) is 2.72. The molecule has 0 aromatic heterocycles. The van der Waals surface area contributed by atoms with Crippen LogP contribution in [0.15, 0.2) is 11.6 Å². The van der Waals surface area contributed by atoms with Crippen molar-refractivity contribution in [2.24, 2.45) is 0 Å². The Morgan fingerprint density at radius 2 is 1.95 bits per heavy atom. The Morgan fingerprint density at radius 3 is 2.48 bits per heavy atom. The fourth-order valence-electron chi connectivity index (χ4n) is 2.62. The van der Waals surface area contributed by atoms with Crippen molar-refractivity contribution < 1.29 is 14.4 Å². The molecule has 0 radical (unpaired) electrons. The lowest BCUT2D eigenvalue weighted by Gasteiger charge is -2.28. The second-order valence-corrected chi connectivity index (χ2v) is 5.50. The number of carbonyl (C=O) groups is 3. The molecule has 1 N–H and O–H groups in total. The van der Waals surface area contributed by atoms with E-state index in [0.717, 1.165) is 24.8 Å². The molecule has 0 saturated carbocycles. The summed E-state index contributed by atoms with van der Waals surface area (Å²) in [6.07, 6.45) is 4.84. The Hall–Kier alpha value is -1.65. The molecule has 1 heterocycles. The molecule has 1 rings (SSSR count). The third-order valence-corrected chi connectivity index (χ3v) is 3.76. The number of nitrogens with zero attached hydrogens (tertiary/aromatic N) is 1. The lowest BCUT2D eigenvalue weighted by molar-refractivity contribution is -0.146. The van der Waals surface area contributed by atoms with Crippen LogP contribution >= 0.6 is 0 Å². The van der Waals surface area contributed by atoms with Crippen molar-refractivity contribution in [2.75, 3.05) is 0 Å². The van der Waals surface area contributed by atoms with E-state index in [4.69, 9.17) is 0 Å². The molecule has 1 aliphatic heterocycles. The molecule has 0 bridgehead atoms. The summed E-state index contributed by atoms with van der Waals surface area (Å²) >= 11 is 0. The van der Waals surface area contributed by atoms with Gasteiger partial charge in [-0.25, -0.2) is 0 Å². The first-order valence-corrected chi connectivity index (χ1v) is 7.80. The summed E-state index contributed by atoms with van der Waals surface area (Å²) in [5.41, 5.74) is 0.923. The number of amides is 3. The standard InChI is InChI=1S/C16H26N2O3/c1-5-8-12(17-14(19)7-3)16(21)18-13(9-6-2)11(4)10-15(18)20/h10,12-13H,5-9H2,1-4H3,(H,17,19)/t12-,13?/m0/s1. The van der Waals surface area contributed by atoms with Crippen molar-refractivity contribution in [3.8, 4) is 0 Å². The van der Waals surface area contributed by atoms with Gasteiger partial charge in [-0.1, -0.05) is 33.6 Å². The van der Waals surface area contributed by atoms with E-state index in [-0.39, 0.29) is 23.8 Å². The maximum Gasteiger partial charge on any atom is 0.253 e. The Labute approximate surface area is 126 Å². The van der Waals surface area contributed by atoms with Gasteiger partial charge in [0.25, 0.3) is 11.8 Å². The molecule has 0 aromatic carbocycles. The molecule has 118 valence electrons. The Kier molecular flexibility index (Phi) is 6.59. The zero-order chi connectivity index (χ0) is 16.0. The van der Waals surface area contributed by atoms with Gasteiger partial charge in [0.1, 0.15) is 6.04 Å². The monoisotopic (exact) mass is 294 g/mol. The summed E-state index contributed by atoms with van der Waals surface area (Å²) in [7, 11) is 0. The topological polar surface area (TPSA) is 66.5 Å². The number of nitrogens with one attached hydrogen (secondary N) is 1. The highest BCUT2D eigenvalue weighted by atomic mass is 16.2. The second kappa shape index (κ2) is 7.96. The minimum atomic E-state index is -0.606. The van der Waals surface area contributed by atoms with Gasteiger partial charge in [-0.15, -0.1) is 0 Å². The van der Waals surface area contributed by atoms with Gasteiger partial charge in [0.05, 0.1) is 6.04 Å². The van der Waals surface area contributed by atoms with Crippen LogP contribution in [0.2, 0.25) is 0 Å². The SMILES string of the molecule is CCCC1C(C)=CC(=O)N1C(=O)[C@H](CCC)NC(=O)CC. The molecule has 1 aliphatic rings. The molecule has 0 fully saturated rings. The predicted octanol–water partition coefficient (Wildman–Crippen LogP) is 2.17. The molecule has 1 unspecified atom stereocenters. The van der Waals surface area contributed by atoms with E-state index in [1.54, 1.807) is 6.92 Å².